The third kappa shape index (κ3) is 3.81. The highest BCUT2D eigenvalue weighted by Crippen LogP contribution is 2.41. The molecule has 0 amide bonds. The fourth-order valence-electron chi connectivity index (χ4n) is 4.27. The summed E-state index contributed by atoms with van der Waals surface area (Å²) in [6.07, 6.45) is 6.41. The number of phenolic OH excluding ortho intramolecular Hbond substituents is 1. The molecule has 0 unspecified atom stereocenters. The second-order valence-corrected chi connectivity index (χ2v) is 7.92. The molecular weight excluding hydrogens is 428 g/mol. The molecule has 1 aliphatic rings. The average molecular weight is 451 g/mol. The van der Waals surface area contributed by atoms with Crippen LogP contribution in [0.3, 0.4) is 0 Å². The van der Waals surface area contributed by atoms with Crippen molar-refractivity contribution in [2.45, 2.75) is 18.9 Å². The first-order chi connectivity index (χ1) is 15.8. The Morgan fingerprint density at radius 1 is 1.36 bits per heavy atom. The number of terminal acetylenes is 1. The van der Waals surface area contributed by atoms with E-state index in [1.165, 1.54) is 31.4 Å². The van der Waals surface area contributed by atoms with Crippen molar-refractivity contribution in [2.24, 2.45) is 0 Å². The number of rotatable bonds is 4. The predicted molar refractivity (Wildman–Crippen MR) is 124 cm³/mol. The van der Waals surface area contributed by atoms with Gasteiger partial charge in [0.2, 0.25) is 5.88 Å². The van der Waals surface area contributed by atoms with E-state index < -0.39 is 17.7 Å². The Kier molecular flexibility index (Phi) is 5.83. The molecule has 1 aliphatic heterocycles. The molecule has 0 radical (unpaired) electrons. The molecule has 1 saturated heterocycles. The van der Waals surface area contributed by atoms with Crippen LogP contribution in [0, 0.1) is 24.0 Å². The maximum atomic E-state index is 15.7. The quantitative estimate of drug-likeness (QED) is 0.522. The molecule has 3 aromatic rings. The number of ether oxygens (including phenoxy) is 1. The summed E-state index contributed by atoms with van der Waals surface area (Å²) in [6, 6.07) is 5.27. The number of phenols is 1. The minimum atomic E-state index is -0.886. The van der Waals surface area contributed by atoms with E-state index in [4.69, 9.17) is 16.9 Å². The molecule has 4 N–H and O–H groups in total. The van der Waals surface area contributed by atoms with Crippen LogP contribution in [0.4, 0.5) is 14.5 Å². The number of methoxy groups -OCH3 is 1. The van der Waals surface area contributed by atoms with Gasteiger partial charge in [0.05, 0.1) is 30.0 Å². The maximum absolute atomic E-state index is 15.7. The van der Waals surface area contributed by atoms with Gasteiger partial charge in [0.1, 0.15) is 17.3 Å². The Bertz CT molecular complexity index is 1320. The Morgan fingerprint density at radius 3 is 2.79 bits per heavy atom. The van der Waals surface area contributed by atoms with Gasteiger partial charge < -0.3 is 25.6 Å². The molecule has 1 fully saturated rings. The molecule has 8 heteroatoms. The Morgan fingerprint density at radius 2 is 2.12 bits per heavy atom. The van der Waals surface area contributed by atoms with Gasteiger partial charge in [-0.2, -0.15) is 0 Å². The van der Waals surface area contributed by atoms with E-state index in [-0.39, 0.29) is 45.1 Å². The molecule has 2 aromatic carbocycles. The van der Waals surface area contributed by atoms with Crippen molar-refractivity contribution >= 4 is 22.2 Å². The van der Waals surface area contributed by atoms with Gasteiger partial charge in [0.25, 0.3) is 0 Å². The largest absolute Gasteiger partial charge is 0.508 e. The minimum Gasteiger partial charge on any atom is -0.508 e. The lowest BCUT2D eigenvalue weighted by atomic mass is 9.95. The first-order valence-electron chi connectivity index (χ1n) is 10.3. The van der Waals surface area contributed by atoms with Crippen LogP contribution in [0.1, 0.15) is 24.0 Å². The molecule has 0 saturated carbocycles. The monoisotopic (exact) mass is 451 g/mol. The summed E-state index contributed by atoms with van der Waals surface area (Å²) in [5.74, 6) is 0.572. The molecule has 0 bridgehead atoms. The molecule has 4 rings (SSSR count). The van der Waals surface area contributed by atoms with Crippen molar-refractivity contribution in [3.8, 4) is 35.2 Å². The number of likely N-dealkylation sites (tertiary alicyclic amines) is 1. The van der Waals surface area contributed by atoms with Crippen LogP contribution in [-0.2, 0) is 0 Å². The Hall–Kier alpha value is -3.83. The van der Waals surface area contributed by atoms with Crippen LogP contribution < -0.4 is 10.5 Å². The number of benzene rings is 2. The fourth-order valence-corrected chi connectivity index (χ4v) is 4.27. The van der Waals surface area contributed by atoms with Crippen molar-refractivity contribution in [3.63, 3.8) is 0 Å². The van der Waals surface area contributed by atoms with Gasteiger partial charge >= 0.3 is 0 Å². The molecule has 1 aromatic heterocycles. The summed E-state index contributed by atoms with van der Waals surface area (Å²) in [5.41, 5.74) is 6.21. The zero-order chi connectivity index (χ0) is 23.9. The number of piperidine rings is 1. The lowest BCUT2D eigenvalue weighted by Gasteiger charge is -2.34. The molecule has 0 spiro atoms. The number of halogens is 2. The van der Waals surface area contributed by atoms with Gasteiger partial charge in [-0.15, -0.1) is 6.42 Å². The summed E-state index contributed by atoms with van der Waals surface area (Å²) < 4.78 is 35.5. The number of nitrogens with two attached hydrogens (primary N) is 1. The molecule has 0 aliphatic carbocycles. The van der Waals surface area contributed by atoms with E-state index >= 15 is 4.39 Å². The van der Waals surface area contributed by atoms with Crippen LogP contribution in [0.15, 0.2) is 30.8 Å². The molecule has 1 atom stereocenters. The second-order valence-electron chi connectivity index (χ2n) is 7.92. The molecule has 6 nitrogen and oxygen atoms in total. The second kappa shape index (κ2) is 8.60. The number of anilines is 1. The SMILES string of the molecule is C#Cc1c(F)ccc2cc(O)cc(-c3nc(OC)c(C(=C)N4CCC[C@@H](O)C4)c(N)c3F)c12. The number of aromatic hydroxyl groups is 1. The van der Waals surface area contributed by atoms with Crippen LogP contribution in [0.2, 0.25) is 0 Å². The maximum Gasteiger partial charge on any atom is 0.225 e. The molecule has 170 valence electrons. The summed E-state index contributed by atoms with van der Waals surface area (Å²) in [5, 5.41) is 20.9. The minimum absolute atomic E-state index is 0.00381. The summed E-state index contributed by atoms with van der Waals surface area (Å²) in [6.45, 7) is 4.97. The van der Waals surface area contributed by atoms with E-state index in [2.05, 4.69) is 17.5 Å². The van der Waals surface area contributed by atoms with E-state index in [9.17, 15) is 14.6 Å². The number of β-amino-alcohol motifs (C(OH)–C–C–N with tert-alkyl or cyclic N) is 1. The smallest absolute Gasteiger partial charge is 0.225 e. The number of aliphatic hydroxyl groups excluding tert-OH is 1. The number of hydrogen-bond acceptors (Lipinski definition) is 6. The standard InChI is InChI=1S/C25H23F2N3O3/c1-4-17-19(26)8-7-14-10-16(32)11-18(21(14)17)24-22(27)23(28)20(25(29-24)33-3)13(2)30-9-5-6-15(31)12-30/h1,7-8,10-11,15,31-32H,2,5-6,9,12H2,3H3,(H2,28,29)/t15-/m1/s1. The lowest BCUT2D eigenvalue weighted by molar-refractivity contribution is 0.0988. The van der Waals surface area contributed by atoms with E-state index in [1.54, 1.807) is 4.90 Å². The third-order valence-corrected chi connectivity index (χ3v) is 5.85. The molecule has 2 heterocycles. The Balaban J connectivity index is 1.95. The highest BCUT2D eigenvalue weighted by molar-refractivity contribution is 6.02. The lowest BCUT2D eigenvalue weighted by Crippen LogP contribution is -2.37. The van der Waals surface area contributed by atoms with Crippen LogP contribution in [-0.4, -0.2) is 46.4 Å². The zero-order valence-corrected chi connectivity index (χ0v) is 18.0. The van der Waals surface area contributed by atoms with Gasteiger partial charge in [0, 0.05) is 29.7 Å². The summed E-state index contributed by atoms with van der Waals surface area (Å²) in [7, 11) is 1.36. The van der Waals surface area contributed by atoms with E-state index in [1.807, 2.05) is 0 Å². The Labute approximate surface area is 189 Å². The van der Waals surface area contributed by atoms with E-state index in [0.717, 1.165) is 6.42 Å². The number of nitrogen functional groups attached to an aromatic ring is 1. The molecule has 33 heavy (non-hydrogen) atoms. The van der Waals surface area contributed by atoms with Crippen molar-refractivity contribution in [1.29, 1.82) is 0 Å². The van der Waals surface area contributed by atoms with Gasteiger partial charge in [-0.25, -0.2) is 13.8 Å². The van der Waals surface area contributed by atoms with Crippen LogP contribution in [0.5, 0.6) is 11.6 Å². The van der Waals surface area contributed by atoms with Crippen molar-refractivity contribution in [2.75, 3.05) is 25.9 Å². The molecular formula is C25H23F2N3O3. The van der Waals surface area contributed by atoms with Crippen molar-refractivity contribution < 1.29 is 23.7 Å². The number of aromatic nitrogens is 1. The number of hydrogen-bond donors (Lipinski definition) is 3. The van der Waals surface area contributed by atoms with Crippen molar-refractivity contribution in [3.05, 3.63) is 53.6 Å². The van der Waals surface area contributed by atoms with Gasteiger partial charge in [-0.1, -0.05) is 18.6 Å². The van der Waals surface area contributed by atoms with Gasteiger partial charge in [-0.3, -0.25) is 0 Å². The highest BCUT2D eigenvalue weighted by atomic mass is 19.1. The normalized spacial score (nSPS) is 16.0. The number of fused-ring (bicyclic) bond motifs is 1. The third-order valence-electron chi connectivity index (χ3n) is 5.85. The number of aliphatic hydroxyl groups is 1. The average Bonchev–Trinajstić information content (AvgIpc) is 2.80. The van der Waals surface area contributed by atoms with Crippen LogP contribution >= 0.6 is 0 Å². The first-order valence-corrected chi connectivity index (χ1v) is 10.3. The van der Waals surface area contributed by atoms with Gasteiger partial charge in [0.15, 0.2) is 5.82 Å². The van der Waals surface area contributed by atoms with Crippen molar-refractivity contribution in [1.82, 2.24) is 9.88 Å². The van der Waals surface area contributed by atoms with E-state index in [0.29, 0.717) is 30.6 Å². The predicted octanol–water partition coefficient (Wildman–Crippen LogP) is 3.89. The highest BCUT2D eigenvalue weighted by Gasteiger charge is 2.28. The zero-order valence-electron chi connectivity index (χ0n) is 18.0. The number of nitrogens with zero attached hydrogens (tertiary/aromatic N) is 2. The van der Waals surface area contributed by atoms with Crippen LogP contribution in [0.25, 0.3) is 27.7 Å². The van der Waals surface area contributed by atoms with Gasteiger partial charge in [-0.05, 0) is 36.4 Å². The summed E-state index contributed by atoms with van der Waals surface area (Å²) >= 11 is 0. The number of pyridine rings is 1. The topological polar surface area (TPSA) is 91.8 Å². The first kappa shape index (κ1) is 22.4. The fraction of sp³-hybridized carbons (Fsp3) is 0.240. The summed E-state index contributed by atoms with van der Waals surface area (Å²) in [4.78, 5) is 6.13.